The molecule has 0 saturated carbocycles. The van der Waals surface area contributed by atoms with Crippen LogP contribution in [0.25, 0.3) is 0 Å². The lowest BCUT2D eigenvalue weighted by Crippen LogP contribution is -2.46. The number of likely N-dealkylation sites (tertiary alicyclic amines) is 1. The van der Waals surface area contributed by atoms with E-state index in [9.17, 15) is 13.6 Å². The molecule has 3 rings (SSSR count). The van der Waals surface area contributed by atoms with Crippen molar-refractivity contribution in [2.75, 3.05) is 19.6 Å². The number of carbonyl (C=O) groups is 1. The summed E-state index contributed by atoms with van der Waals surface area (Å²) in [5, 5.41) is 3.42. The van der Waals surface area contributed by atoms with Gasteiger partial charge in [-0.1, -0.05) is 0 Å². The normalized spacial score (nSPS) is 25.0. The maximum atomic E-state index is 13.1. The Labute approximate surface area is 122 Å². The Morgan fingerprint density at radius 1 is 1.20 bits per heavy atom. The lowest BCUT2D eigenvalue weighted by Gasteiger charge is -2.34. The summed E-state index contributed by atoms with van der Waals surface area (Å²) < 4.78 is 26.3. The topological polar surface area (TPSA) is 32.3 Å². The van der Waals surface area contributed by atoms with Crippen molar-refractivity contribution in [3.63, 3.8) is 0 Å². The molecule has 0 spiro atoms. The molecule has 110 valence electrons. The first-order valence-corrected chi connectivity index (χ1v) is 6.62. The van der Waals surface area contributed by atoms with Crippen LogP contribution in [0.15, 0.2) is 18.2 Å². The maximum Gasteiger partial charge on any atom is 0.254 e. The lowest BCUT2D eigenvalue weighted by molar-refractivity contribution is 0.0661. The zero-order valence-electron chi connectivity index (χ0n) is 10.9. The molecule has 0 bridgehead atoms. The molecule has 2 atom stereocenters. The molecule has 20 heavy (non-hydrogen) atoms. The van der Waals surface area contributed by atoms with E-state index in [2.05, 4.69) is 5.32 Å². The third-order valence-corrected chi connectivity index (χ3v) is 4.05. The van der Waals surface area contributed by atoms with Gasteiger partial charge >= 0.3 is 0 Å². The van der Waals surface area contributed by atoms with E-state index in [0.717, 1.165) is 37.6 Å². The summed E-state index contributed by atoms with van der Waals surface area (Å²) in [4.78, 5) is 14.0. The fourth-order valence-corrected chi connectivity index (χ4v) is 3.09. The van der Waals surface area contributed by atoms with Crippen molar-refractivity contribution in [1.82, 2.24) is 10.2 Å². The number of hydrogen-bond acceptors (Lipinski definition) is 2. The molecule has 0 aliphatic carbocycles. The lowest BCUT2D eigenvalue weighted by atomic mass is 9.93. The quantitative estimate of drug-likeness (QED) is 0.863. The predicted octanol–water partition coefficient (Wildman–Crippen LogP) is 2.21. The van der Waals surface area contributed by atoms with Gasteiger partial charge in [-0.15, -0.1) is 12.4 Å². The van der Waals surface area contributed by atoms with Gasteiger partial charge < -0.3 is 10.2 Å². The van der Waals surface area contributed by atoms with Crippen molar-refractivity contribution in [1.29, 1.82) is 0 Å². The Balaban J connectivity index is 0.00000147. The minimum atomic E-state index is -0.708. The van der Waals surface area contributed by atoms with Crippen LogP contribution in [0.5, 0.6) is 0 Å². The van der Waals surface area contributed by atoms with Crippen molar-refractivity contribution in [2.24, 2.45) is 5.92 Å². The van der Waals surface area contributed by atoms with Gasteiger partial charge in [0.1, 0.15) is 11.6 Å². The van der Waals surface area contributed by atoms with Gasteiger partial charge in [-0.3, -0.25) is 4.79 Å². The molecular formula is C14H17ClF2N2O. The van der Waals surface area contributed by atoms with E-state index in [0.29, 0.717) is 25.0 Å². The molecule has 2 unspecified atom stereocenters. The van der Waals surface area contributed by atoms with E-state index in [4.69, 9.17) is 0 Å². The molecule has 1 aromatic carbocycles. The second-order valence-corrected chi connectivity index (χ2v) is 5.31. The molecule has 1 amide bonds. The highest BCUT2D eigenvalue weighted by Gasteiger charge is 2.34. The van der Waals surface area contributed by atoms with Gasteiger partial charge in [0, 0.05) is 30.8 Å². The number of benzene rings is 1. The highest BCUT2D eigenvalue weighted by molar-refractivity contribution is 5.94. The number of nitrogens with one attached hydrogen (secondary N) is 1. The molecule has 2 aliphatic heterocycles. The number of halogens is 3. The van der Waals surface area contributed by atoms with Crippen LogP contribution < -0.4 is 5.32 Å². The van der Waals surface area contributed by atoms with Crippen molar-refractivity contribution >= 4 is 18.3 Å². The molecule has 2 aliphatic rings. The van der Waals surface area contributed by atoms with Gasteiger partial charge in [-0.25, -0.2) is 8.78 Å². The third kappa shape index (κ3) is 2.94. The Morgan fingerprint density at radius 2 is 1.90 bits per heavy atom. The summed E-state index contributed by atoms with van der Waals surface area (Å²) in [6.45, 7) is 2.31. The largest absolute Gasteiger partial charge is 0.338 e. The molecule has 3 nitrogen and oxygen atoms in total. The Bertz CT molecular complexity index is 492. The van der Waals surface area contributed by atoms with Crippen molar-refractivity contribution in [3.8, 4) is 0 Å². The fourth-order valence-electron chi connectivity index (χ4n) is 3.09. The number of carbonyl (C=O) groups excluding carboxylic acids is 1. The van der Waals surface area contributed by atoms with E-state index in [1.54, 1.807) is 4.90 Å². The molecule has 2 fully saturated rings. The monoisotopic (exact) mass is 302 g/mol. The van der Waals surface area contributed by atoms with Crippen LogP contribution in [0.4, 0.5) is 8.78 Å². The molecule has 6 heteroatoms. The van der Waals surface area contributed by atoms with E-state index in [1.165, 1.54) is 0 Å². The highest BCUT2D eigenvalue weighted by atomic mass is 35.5. The SMILES string of the molecule is Cl.O=C(c1cc(F)cc(F)c1)N1CCC2NCCC2C1. The maximum absolute atomic E-state index is 13.1. The number of piperidine rings is 1. The first kappa shape index (κ1) is 15.2. The van der Waals surface area contributed by atoms with Gasteiger partial charge in [0.2, 0.25) is 0 Å². The van der Waals surface area contributed by atoms with Gasteiger partial charge in [0.25, 0.3) is 5.91 Å². The first-order valence-electron chi connectivity index (χ1n) is 6.62. The van der Waals surface area contributed by atoms with Crippen LogP contribution in [0.3, 0.4) is 0 Å². The van der Waals surface area contributed by atoms with E-state index >= 15 is 0 Å². The number of rotatable bonds is 1. The zero-order valence-corrected chi connectivity index (χ0v) is 11.8. The van der Waals surface area contributed by atoms with E-state index in [-0.39, 0.29) is 23.9 Å². The predicted molar refractivity (Wildman–Crippen MR) is 74.0 cm³/mol. The van der Waals surface area contributed by atoms with E-state index in [1.807, 2.05) is 0 Å². The van der Waals surface area contributed by atoms with Gasteiger partial charge in [0.05, 0.1) is 0 Å². The molecule has 0 radical (unpaired) electrons. The van der Waals surface area contributed by atoms with Crippen molar-refractivity contribution < 1.29 is 13.6 Å². The second-order valence-electron chi connectivity index (χ2n) is 5.31. The fraction of sp³-hybridized carbons (Fsp3) is 0.500. The van der Waals surface area contributed by atoms with Crippen molar-refractivity contribution in [2.45, 2.75) is 18.9 Å². The minimum Gasteiger partial charge on any atom is -0.338 e. The number of hydrogen-bond donors (Lipinski definition) is 1. The average Bonchev–Trinajstić information content (AvgIpc) is 2.83. The average molecular weight is 303 g/mol. The number of nitrogens with zero attached hydrogens (tertiary/aromatic N) is 1. The first-order chi connectivity index (χ1) is 9.13. The van der Waals surface area contributed by atoms with Crippen molar-refractivity contribution in [3.05, 3.63) is 35.4 Å². The molecule has 0 aromatic heterocycles. The zero-order chi connectivity index (χ0) is 13.4. The molecule has 2 heterocycles. The van der Waals surface area contributed by atoms with Gasteiger partial charge in [-0.2, -0.15) is 0 Å². The molecule has 1 aromatic rings. The summed E-state index contributed by atoms with van der Waals surface area (Å²) in [6, 6.07) is 3.48. The molecule has 1 N–H and O–H groups in total. The van der Waals surface area contributed by atoms with Crippen LogP contribution in [-0.4, -0.2) is 36.5 Å². The summed E-state index contributed by atoms with van der Waals surface area (Å²) >= 11 is 0. The summed E-state index contributed by atoms with van der Waals surface area (Å²) in [5.41, 5.74) is 0.0990. The third-order valence-electron chi connectivity index (χ3n) is 4.05. The number of amides is 1. The van der Waals surface area contributed by atoms with Gasteiger partial charge in [-0.05, 0) is 37.4 Å². The molecular weight excluding hydrogens is 286 g/mol. The van der Waals surface area contributed by atoms with Crippen LogP contribution >= 0.6 is 12.4 Å². The van der Waals surface area contributed by atoms with E-state index < -0.39 is 11.6 Å². The molecule has 2 saturated heterocycles. The summed E-state index contributed by atoms with van der Waals surface area (Å²) in [5.74, 6) is -1.22. The van der Waals surface area contributed by atoms with Gasteiger partial charge in [0.15, 0.2) is 0 Å². The summed E-state index contributed by atoms with van der Waals surface area (Å²) in [6.07, 6.45) is 1.97. The van der Waals surface area contributed by atoms with Crippen LogP contribution in [0, 0.1) is 17.6 Å². The van der Waals surface area contributed by atoms with Crippen LogP contribution in [-0.2, 0) is 0 Å². The highest BCUT2D eigenvalue weighted by Crippen LogP contribution is 2.25. The second kappa shape index (κ2) is 6.06. The van der Waals surface area contributed by atoms with Crippen LogP contribution in [0.1, 0.15) is 23.2 Å². The Morgan fingerprint density at radius 3 is 2.60 bits per heavy atom. The standard InChI is InChI=1S/C14H16F2N2O.ClH/c15-11-5-10(6-12(16)7-11)14(19)18-4-2-13-9(8-18)1-3-17-13;/h5-7,9,13,17H,1-4,8H2;1H. The Hall–Kier alpha value is -1.20. The number of fused-ring (bicyclic) bond motifs is 1. The van der Waals surface area contributed by atoms with Crippen LogP contribution in [0.2, 0.25) is 0 Å². The summed E-state index contributed by atoms with van der Waals surface area (Å²) in [7, 11) is 0. The smallest absolute Gasteiger partial charge is 0.254 e. The Kier molecular flexibility index (Phi) is 4.60. The minimum absolute atomic E-state index is 0.